The summed E-state index contributed by atoms with van der Waals surface area (Å²) in [5, 5.41) is 9.28. The van der Waals surface area contributed by atoms with Gasteiger partial charge in [-0.3, -0.25) is 0 Å². The third kappa shape index (κ3) is 2.69. The first-order valence-electron chi connectivity index (χ1n) is 6.03. The normalized spacial score (nSPS) is 32.2. The van der Waals surface area contributed by atoms with Gasteiger partial charge >= 0.3 is 29.8 Å². The summed E-state index contributed by atoms with van der Waals surface area (Å²) in [6.07, 6.45) is -10.1. The molecule has 11 heteroatoms. The van der Waals surface area contributed by atoms with Crippen LogP contribution in [0.15, 0.2) is 12.2 Å². The minimum Gasteiger partial charge on any atom is -0.446 e. The van der Waals surface area contributed by atoms with E-state index in [0.29, 0.717) is 13.8 Å². The minimum atomic E-state index is -6.14. The van der Waals surface area contributed by atoms with Crippen LogP contribution in [0.25, 0.3) is 0 Å². The highest BCUT2D eigenvalue weighted by atomic mass is 19.4. The standard InChI is InChI=1S/C12H13F7O4/c1-5(2)6(20)22-7-9(13,14)8(3,4)23-11(21,10(7,15)16)12(17,18)19/h7,21H,1H2,2-4H3. The van der Waals surface area contributed by atoms with Gasteiger partial charge in [-0.2, -0.15) is 30.7 Å². The molecule has 2 atom stereocenters. The molecule has 0 radical (unpaired) electrons. The van der Waals surface area contributed by atoms with E-state index in [1.165, 1.54) is 0 Å². The second kappa shape index (κ2) is 5.07. The Hall–Kier alpha value is -1.36. The third-order valence-corrected chi connectivity index (χ3v) is 3.27. The molecule has 4 nitrogen and oxygen atoms in total. The van der Waals surface area contributed by atoms with Gasteiger partial charge in [-0.05, 0) is 20.8 Å². The Labute approximate surface area is 125 Å². The molecule has 1 aliphatic rings. The SMILES string of the molecule is C=C(C)C(=O)OC1C(F)(F)C(C)(C)OC(O)(C(F)(F)F)C1(F)F. The molecule has 23 heavy (non-hydrogen) atoms. The molecule has 1 fully saturated rings. The van der Waals surface area contributed by atoms with Gasteiger partial charge in [0.15, 0.2) is 0 Å². The Bertz CT molecular complexity index is 526. The number of rotatable bonds is 2. The van der Waals surface area contributed by atoms with Crippen LogP contribution in [0.3, 0.4) is 0 Å². The van der Waals surface area contributed by atoms with Crippen molar-refractivity contribution >= 4 is 5.97 Å². The van der Waals surface area contributed by atoms with Crippen molar-refractivity contribution in [1.82, 2.24) is 0 Å². The second-order valence-corrected chi connectivity index (χ2v) is 5.57. The maximum atomic E-state index is 14.1. The predicted molar refractivity (Wildman–Crippen MR) is 60.8 cm³/mol. The topological polar surface area (TPSA) is 55.8 Å². The molecule has 1 aliphatic heterocycles. The van der Waals surface area contributed by atoms with E-state index in [1.807, 2.05) is 0 Å². The first kappa shape index (κ1) is 19.7. The van der Waals surface area contributed by atoms with Crippen molar-refractivity contribution in [2.24, 2.45) is 0 Å². The third-order valence-electron chi connectivity index (χ3n) is 3.27. The molecule has 1 rings (SSSR count). The molecule has 0 saturated carbocycles. The fourth-order valence-electron chi connectivity index (χ4n) is 1.83. The quantitative estimate of drug-likeness (QED) is 0.471. The molecule has 0 amide bonds. The summed E-state index contributed by atoms with van der Waals surface area (Å²) >= 11 is 0. The zero-order chi connectivity index (χ0) is 18.6. The average Bonchev–Trinajstić information content (AvgIpc) is 2.31. The van der Waals surface area contributed by atoms with Gasteiger partial charge in [0.1, 0.15) is 5.60 Å². The fraction of sp³-hybridized carbons (Fsp3) is 0.750. The number of alkyl halides is 7. The van der Waals surface area contributed by atoms with Gasteiger partial charge in [-0.15, -0.1) is 0 Å². The summed E-state index contributed by atoms with van der Waals surface area (Å²) in [6.45, 7) is 4.57. The van der Waals surface area contributed by atoms with Crippen LogP contribution in [-0.4, -0.2) is 46.6 Å². The highest BCUT2D eigenvalue weighted by Gasteiger charge is 2.85. The number of hydrogen-bond acceptors (Lipinski definition) is 4. The van der Waals surface area contributed by atoms with Gasteiger partial charge in [-0.1, -0.05) is 6.58 Å². The zero-order valence-electron chi connectivity index (χ0n) is 12.1. The van der Waals surface area contributed by atoms with E-state index < -0.39 is 47.1 Å². The van der Waals surface area contributed by atoms with Crippen LogP contribution in [0.2, 0.25) is 0 Å². The summed E-state index contributed by atoms with van der Waals surface area (Å²) < 4.78 is 102. The fourth-order valence-corrected chi connectivity index (χ4v) is 1.83. The number of aliphatic hydroxyl groups is 1. The maximum absolute atomic E-state index is 14.1. The Morgan fingerprint density at radius 3 is 1.96 bits per heavy atom. The van der Waals surface area contributed by atoms with Crippen molar-refractivity contribution in [2.75, 3.05) is 0 Å². The summed E-state index contributed by atoms with van der Waals surface area (Å²) in [5.74, 6) is -17.5. The molecule has 0 aromatic carbocycles. The van der Waals surface area contributed by atoms with Gasteiger partial charge in [0.05, 0.1) is 0 Å². The van der Waals surface area contributed by atoms with E-state index in [4.69, 9.17) is 0 Å². The highest BCUT2D eigenvalue weighted by Crippen LogP contribution is 2.57. The molecular weight excluding hydrogens is 341 g/mol. The van der Waals surface area contributed by atoms with Crippen LogP contribution < -0.4 is 0 Å². The van der Waals surface area contributed by atoms with E-state index in [0.717, 1.165) is 6.92 Å². The first-order chi connectivity index (χ1) is 9.92. The molecule has 1 saturated heterocycles. The molecule has 2 unspecified atom stereocenters. The number of ether oxygens (including phenoxy) is 2. The predicted octanol–water partition coefficient (Wildman–Crippen LogP) is 2.80. The Morgan fingerprint density at radius 2 is 1.61 bits per heavy atom. The van der Waals surface area contributed by atoms with Crippen molar-refractivity contribution < 1.29 is 50.1 Å². The first-order valence-corrected chi connectivity index (χ1v) is 6.03. The van der Waals surface area contributed by atoms with Crippen LogP contribution in [0, 0.1) is 0 Å². The number of carbonyl (C=O) groups is 1. The number of halogens is 7. The Morgan fingerprint density at radius 1 is 1.17 bits per heavy atom. The van der Waals surface area contributed by atoms with Crippen LogP contribution in [-0.2, 0) is 14.3 Å². The molecule has 0 aliphatic carbocycles. The molecule has 1 N–H and O–H groups in total. The van der Waals surface area contributed by atoms with Crippen LogP contribution in [0.4, 0.5) is 30.7 Å². The summed E-state index contributed by atoms with van der Waals surface area (Å²) in [4.78, 5) is 11.3. The number of hydrogen-bond donors (Lipinski definition) is 1. The molecule has 0 bridgehead atoms. The van der Waals surface area contributed by atoms with Gasteiger partial charge in [-0.25, -0.2) is 4.79 Å². The van der Waals surface area contributed by atoms with Crippen molar-refractivity contribution in [3.63, 3.8) is 0 Å². The Kier molecular flexibility index (Phi) is 4.34. The van der Waals surface area contributed by atoms with Gasteiger partial charge in [0.25, 0.3) is 0 Å². The smallest absolute Gasteiger partial charge is 0.446 e. The van der Waals surface area contributed by atoms with Crippen LogP contribution in [0.1, 0.15) is 20.8 Å². The molecular formula is C12H13F7O4. The molecule has 0 aromatic rings. The Balaban J connectivity index is 3.54. The van der Waals surface area contributed by atoms with Crippen molar-refractivity contribution in [3.8, 4) is 0 Å². The lowest BCUT2D eigenvalue weighted by Gasteiger charge is -2.53. The van der Waals surface area contributed by atoms with Gasteiger partial charge in [0.2, 0.25) is 6.10 Å². The van der Waals surface area contributed by atoms with Crippen LogP contribution in [0.5, 0.6) is 0 Å². The van der Waals surface area contributed by atoms with E-state index in [9.17, 15) is 40.6 Å². The molecule has 1 heterocycles. The molecule has 134 valence electrons. The van der Waals surface area contributed by atoms with Crippen molar-refractivity contribution in [1.29, 1.82) is 0 Å². The lowest BCUT2D eigenvalue weighted by Crippen LogP contribution is -2.79. The lowest BCUT2D eigenvalue weighted by molar-refractivity contribution is -0.510. The monoisotopic (exact) mass is 354 g/mol. The van der Waals surface area contributed by atoms with E-state index in [2.05, 4.69) is 16.1 Å². The maximum Gasteiger partial charge on any atom is 0.449 e. The zero-order valence-corrected chi connectivity index (χ0v) is 12.1. The summed E-state index contributed by atoms with van der Waals surface area (Å²) in [7, 11) is 0. The lowest BCUT2D eigenvalue weighted by atomic mass is 9.83. The number of carbonyl (C=O) groups excluding carboxylic acids is 1. The van der Waals surface area contributed by atoms with Gasteiger partial charge in [0, 0.05) is 5.57 Å². The molecule has 0 spiro atoms. The van der Waals surface area contributed by atoms with Crippen molar-refractivity contribution in [3.05, 3.63) is 12.2 Å². The highest BCUT2D eigenvalue weighted by molar-refractivity contribution is 5.87. The minimum absolute atomic E-state index is 0.348. The van der Waals surface area contributed by atoms with Gasteiger partial charge < -0.3 is 14.6 Å². The van der Waals surface area contributed by atoms with E-state index in [-0.39, 0.29) is 0 Å². The summed E-state index contributed by atoms with van der Waals surface area (Å²) in [5.41, 5.74) is -3.82. The number of esters is 1. The average molecular weight is 354 g/mol. The van der Waals surface area contributed by atoms with Crippen molar-refractivity contribution in [2.45, 2.75) is 56.3 Å². The second-order valence-electron chi connectivity index (χ2n) is 5.57. The molecule has 0 aromatic heterocycles. The summed E-state index contributed by atoms with van der Waals surface area (Å²) in [6, 6.07) is 0. The van der Waals surface area contributed by atoms with E-state index in [1.54, 1.807) is 0 Å². The largest absolute Gasteiger partial charge is 0.449 e. The van der Waals surface area contributed by atoms with Crippen LogP contribution >= 0.6 is 0 Å². The van der Waals surface area contributed by atoms with E-state index >= 15 is 0 Å².